The number of carbonyl (C=O) groups excluding carboxylic acids is 1. The average molecular weight is 511 g/mol. The molecule has 1 saturated heterocycles. The molecule has 0 radical (unpaired) electrons. The highest BCUT2D eigenvalue weighted by Gasteiger charge is 2.24. The van der Waals surface area contributed by atoms with Gasteiger partial charge in [-0.25, -0.2) is 0 Å². The van der Waals surface area contributed by atoms with E-state index in [2.05, 4.69) is 19.2 Å². The Labute approximate surface area is 210 Å². The second kappa shape index (κ2) is 12.1. The summed E-state index contributed by atoms with van der Waals surface area (Å²) in [6.45, 7) is 6.54. The average Bonchev–Trinajstić information content (AvgIpc) is 2.84. The van der Waals surface area contributed by atoms with Gasteiger partial charge in [0.2, 0.25) is 0 Å². The van der Waals surface area contributed by atoms with E-state index in [4.69, 9.17) is 37.4 Å². The van der Waals surface area contributed by atoms with Crippen molar-refractivity contribution in [2.45, 2.75) is 31.9 Å². The Kier molecular flexibility index (Phi) is 9.45. The molecule has 0 bridgehead atoms. The van der Waals surface area contributed by atoms with E-state index >= 15 is 0 Å². The molecule has 1 amide bonds. The van der Waals surface area contributed by atoms with Gasteiger partial charge < -0.3 is 29.5 Å². The van der Waals surface area contributed by atoms with Gasteiger partial charge in [0.15, 0.2) is 0 Å². The van der Waals surface area contributed by atoms with Gasteiger partial charge in [-0.3, -0.25) is 4.79 Å². The number of halogens is 2. The summed E-state index contributed by atoms with van der Waals surface area (Å²) in [6.07, 6.45) is 0.0182. The molecule has 0 aliphatic carbocycles. The third-order valence-corrected chi connectivity index (χ3v) is 6.49. The lowest BCUT2D eigenvalue weighted by atomic mass is 9.94. The zero-order valence-electron chi connectivity index (χ0n) is 19.8. The SMILES string of the molecule is COc1ccc(CC(C)(C)NC[C@@H](O)COc2ccc(C(=O)N3CCOCC3)c(Cl)c2Cl)cc1. The van der Waals surface area contributed by atoms with Gasteiger partial charge in [0.25, 0.3) is 5.91 Å². The number of ether oxygens (including phenoxy) is 3. The standard InChI is InChI=1S/C25H32Cl2N2O5/c1-25(2,14-17-4-6-19(32-3)7-5-17)28-15-18(30)16-34-21-9-8-20(22(26)23(21)27)24(31)29-10-12-33-13-11-29/h4-9,18,28,30H,10-16H2,1-3H3/t18-/m1/s1. The number of methoxy groups -OCH3 is 1. The third kappa shape index (κ3) is 7.23. The van der Waals surface area contributed by atoms with Crippen molar-refractivity contribution >= 4 is 29.1 Å². The molecule has 3 rings (SSSR count). The zero-order valence-corrected chi connectivity index (χ0v) is 21.3. The summed E-state index contributed by atoms with van der Waals surface area (Å²) in [5.41, 5.74) is 1.25. The molecule has 2 aromatic carbocycles. The Hall–Kier alpha value is -2.03. The Morgan fingerprint density at radius 3 is 2.47 bits per heavy atom. The minimum absolute atomic E-state index is 0.0262. The van der Waals surface area contributed by atoms with Crippen molar-refractivity contribution in [2.24, 2.45) is 0 Å². The van der Waals surface area contributed by atoms with Gasteiger partial charge in [0, 0.05) is 25.2 Å². The van der Waals surface area contributed by atoms with Crippen molar-refractivity contribution < 1.29 is 24.1 Å². The summed E-state index contributed by atoms with van der Waals surface area (Å²) < 4.78 is 16.2. The van der Waals surface area contributed by atoms with Crippen LogP contribution in [0, 0.1) is 0 Å². The van der Waals surface area contributed by atoms with Crippen molar-refractivity contribution in [3.63, 3.8) is 0 Å². The quantitative estimate of drug-likeness (QED) is 0.505. The predicted molar refractivity (Wildman–Crippen MR) is 133 cm³/mol. The number of morpholine rings is 1. The molecule has 2 N–H and O–H groups in total. The van der Waals surface area contributed by atoms with Crippen LogP contribution >= 0.6 is 23.2 Å². The third-order valence-electron chi connectivity index (χ3n) is 5.63. The summed E-state index contributed by atoms with van der Waals surface area (Å²) >= 11 is 12.7. The number of benzene rings is 2. The Morgan fingerprint density at radius 2 is 1.82 bits per heavy atom. The summed E-state index contributed by atoms with van der Waals surface area (Å²) in [4.78, 5) is 14.4. The topological polar surface area (TPSA) is 80.3 Å². The number of β-amino-alcohol motifs (C(OH)–C–C–N with tert-alkyl or cyclic N) is 1. The van der Waals surface area contributed by atoms with Gasteiger partial charge in [0.1, 0.15) is 29.2 Å². The number of nitrogens with one attached hydrogen (secondary N) is 1. The van der Waals surface area contributed by atoms with Crippen LogP contribution in [0.25, 0.3) is 0 Å². The maximum absolute atomic E-state index is 12.7. The first-order valence-corrected chi connectivity index (χ1v) is 12.0. The van der Waals surface area contributed by atoms with Gasteiger partial charge >= 0.3 is 0 Å². The molecule has 9 heteroatoms. The number of nitrogens with zero attached hydrogens (tertiary/aromatic N) is 1. The lowest BCUT2D eigenvalue weighted by molar-refractivity contribution is 0.0303. The monoisotopic (exact) mass is 510 g/mol. The van der Waals surface area contributed by atoms with Crippen LogP contribution in [0.1, 0.15) is 29.8 Å². The van der Waals surface area contributed by atoms with E-state index < -0.39 is 6.10 Å². The van der Waals surface area contributed by atoms with Crippen molar-refractivity contribution in [2.75, 3.05) is 46.6 Å². The van der Waals surface area contributed by atoms with Gasteiger partial charge in [-0.2, -0.15) is 0 Å². The lowest BCUT2D eigenvalue weighted by Gasteiger charge is -2.28. The van der Waals surface area contributed by atoms with Crippen LogP contribution in [0.5, 0.6) is 11.5 Å². The number of hydrogen-bond acceptors (Lipinski definition) is 6. The van der Waals surface area contributed by atoms with Crippen LogP contribution in [-0.4, -0.2) is 74.1 Å². The Balaban J connectivity index is 1.51. The van der Waals surface area contributed by atoms with Crippen molar-refractivity contribution in [1.29, 1.82) is 0 Å². The first kappa shape index (κ1) is 26.6. The zero-order chi connectivity index (χ0) is 24.7. The van der Waals surface area contributed by atoms with Gasteiger partial charge in [-0.15, -0.1) is 0 Å². The van der Waals surface area contributed by atoms with E-state index in [1.807, 2.05) is 24.3 Å². The molecule has 0 saturated carbocycles. The molecule has 1 aliphatic heterocycles. The fourth-order valence-corrected chi connectivity index (χ4v) is 4.16. The van der Waals surface area contributed by atoms with E-state index in [1.54, 1.807) is 24.1 Å². The molecule has 34 heavy (non-hydrogen) atoms. The van der Waals surface area contributed by atoms with E-state index in [0.29, 0.717) is 44.2 Å². The molecular formula is C25H32Cl2N2O5. The maximum atomic E-state index is 12.7. The minimum atomic E-state index is -0.764. The molecule has 1 fully saturated rings. The largest absolute Gasteiger partial charge is 0.497 e. The fraction of sp³-hybridized carbons (Fsp3) is 0.480. The molecule has 7 nitrogen and oxygen atoms in total. The van der Waals surface area contributed by atoms with Crippen molar-refractivity contribution in [3.05, 3.63) is 57.6 Å². The van der Waals surface area contributed by atoms with Crippen LogP contribution < -0.4 is 14.8 Å². The normalized spacial score (nSPS) is 15.2. The molecule has 1 atom stereocenters. The van der Waals surface area contributed by atoms with Gasteiger partial charge in [-0.1, -0.05) is 35.3 Å². The summed E-state index contributed by atoms with van der Waals surface area (Å²) in [5.74, 6) is 0.950. The molecule has 0 unspecified atom stereocenters. The second-order valence-corrected chi connectivity index (χ2v) is 9.65. The van der Waals surface area contributed by atoms with E-state index in [9.17, 15) is 9.90 Å². The molecule has 1 heterocycles. The van der Waals surface area contributed by atoms with Gasteiger partial charge in [-0.05, 0) is 50.1 Å². The molecular weight excluding hydrogens is 479 g/mol. The molecule has 2 aromatic rings. The van der Waals surface area contributed by atoms with Crippen LogP contribution in [0.2, 0.25) is 10.0 Å². The highest BCUT2D eigenvalue weighted by atomic mass is 35.5. The Bertz CT molecular complexity index is 963. The predicted octanol–water partition coefficient (Wildman–Crippen LogP) is 3.83. The van der Waals surface area contributed by atoms with Crippen LogP contribution in [-0.2, 0) is 11.2 Å². The minimum Gasteiger partial charge on any atom is -0.497 e. The second-order valence-electron chi connectivity index (χ2n) is 8.90. The first-order chi connectivity index (χ1) is 16.2. The summed E-state index contributed by atoms with van der Waals surface area (Å²) in [5, 5.41) is 14.1. The fourth-order valence-electron chi connectivity index (χ4n) is 3.70. The van der Waals surface area contributed by atoms with Gasteiger partial charge in [0.05, 0.1) is 30.9 Å². The first-order valence-electron chi connectivity index (χ1n) is 11.2. The highest BCUT2D eigenvalue weighted by Crippen LogP contribution is 2.35. The lowest BCUT2D eigenvalue weighted by Crippen LogP contribution is -2.46. The number of rotatable bonds is 10. The smallest absolute Gasteiger partial charge is 0.255 e. The van der Waals surface area contributed by atoms with E-state index in [-0.39, 0.29) is 28.1 Å². The molecule has 1 aliphatic rings. The summed E-state index contributed by atoms with van der Waals surface area (Å²) in [6, 6.07) is 11.1. The molecule has 0 spiro atoms. The van der Waals surface area contributed by atoms with Crippen LogP contribution in [0.4, 0.5) is 0 Å². The van der Waals surface area contributed by atoms with Crippen LogP contribution in [0.3, 0.4) is 0 Å². The number of aliphatic hydroxyl groups excluding tert-OH is 1. The van der Waals surface area contributed by atoms with E-state index in [0.717, 1.165) is 17.7 Å². The van der Waals surface area contributed by atoms with Crippen molar-refractivity contribution in [3.8, 4) is 11.5 Å². The maximum Gasteiger partial charge on any atom is 0.255 e. The Morgan fingerprint density at radius 1 is 1.15 bits per heavy atom. The number of aliphatic hydroxyl groups is 1. The molecule has 0 aromatic heterocycles. The van der Waals surface area contributed by atoms with Crippen molar-refractivity contribution in [1.82, 2.24) is 10.2 Å². The highest BCUT2D eigenvalue weighted by molar-refractivity contribution is 6.44. The van der Waals surface area contributed by atoms with E-state index in [1.165, 1.54) is 0 Å². The number of carbonyl (C=O) groups is 1. The number of hydrogen-bond donors (Lipinski definition) is 2. The molecule has 186 valence electrons. The number of amides is 1. The van der Waals surface area contributed by atoms with Crippen LogP contribution in [0.15, 0.2) is 36.4 Å². The summed E-state index contributed by atoms with van der Waals surface area (Å²) in [7, 11) is 1.64.